The van der Waals surface area contributed by atoms with Gasteiger partial charge in [-0.1, -0.05) is 0 Å². The summed E-state index contributed by atoms with van der Waals surface area (Å²) in [5, 5.41) is 12.7. The summed E-state index contributed by atoms with van der Waals surface area (Å²) in [7, 11) is 0. The van der Waals surface area contributed by atoms with Crippen LogP contribution in [0.2, 0.25) is 0 Å². The lowest BCUT2D eigenvalue weighted by molar-refractivity contribution is 0.169. The maximum Gasteiger partial charge on any atom is 0.129 e. The molecule has 2 nitrogen and oxygen atoms in total. The first-order valence-corrected chi connectivity index (χ1v) is 5.92. The van der Waals surface area contributed by atoms with Crippen molar-refractivity contribution >= 4 is 0 Å². The summed E-state index contributed by atoms with van der Waals surface area (Å²) in [6.45, 7) is 0.881. The molecule has 0 spiro atoms. The Balaban J connectivity index is 2.34. The zero-order valence-electron chi connectivity index (χ0n) is 10.1. The lowest BCUT2D eigenvalue weighted by Crippen LogP contribution is -2.23. The minimum atomic E-state index is -1.05. The molecule has 18 heavy (non-hydrogen) atoms. The Morgan fingerprint density at radius 3 is 2.83 bits per heavy atom. The van der Waals surface area contributed by atoms with Crippen LogP contribution >= 0.6 is 0 Å². The number of hydrogen-bond acceptors (Lipinski definition) is 2. The van der Waals surface area contributed by atoms with Crippen molar-refractivity contribution in [3.05, 3.63) is 35.4 Å². The van der Waals surface area contributed by atoms with Gasteiger partial charge in [-0.3, -0.25) is 0 Å². The van der Waals surface area contributed by atoms with E-state index in [0.29, 0.717) is 6.54 Å². The van der Waals surface area contributed by atoms with E-state index in [2.05, 4.69) is 11.2 Å². The standard InChI is InChI=1S/C14H17F2NO/c1-2-3-4-5-8-17-10-14(18)12-9-11(15)6-7-13(12)16/h1,6-7,9,14,17-18H,3-5,8,10H2. The summed E-state index contributed by atoms with van der Waals surface area (Å²) in [6.07, 6.45) is 6.59. The molecular formula is C14H17F2NO. The Kier molecular flexibility index (Phi) is 6.34. The second-order valence-corrected chi connectivity index (χ2v) is 4.05. The van der Waals surface area contributed by atoms with Crippen molar-refractivity contribution in [1.82, 2.24) is 5.32 Å². The molecule has 1 aromatic carbocycles. The van der Waals surface area contributed by atoms with Gasteiger partial charge in [0.05, 0.1) is 6.10 Å². The van der Waals surface area contributed by atoms with E-state index in [-0.39, 0.29) is 12.1 Å². The van der Waals surface area contributed by atoms with Crippen LogP contribution in [0.5, 0.6) is 0 Å². The van der Waals surface area contributed by atoms with E-state index in [1.165, 1.54) is 0 Å². The van der Waals surface area contributed by atoms with Crippen molar-refractivity contribution in [2.45, 2.75) is 25.4 Å². The third-order valence-corrected chi connectivity index (χ3v) is 2.58. The number of unbranched alkanes of at least 4 members (excludes halogenated alkanes) is 2. The zero-order chi connectivity index (χ0) is 13.4. The highest BCUT2D eigenvalue weighted by Crippen LogP contribution is 2.17. The Hall–Kier alpha value is -1.44. The van der Waals surface area contributed by atoms with Gasteiger partial charge < -0.3 is 10.4 Å². The first-order chi connectivity index (χ1) is 8.65. The number of benzene rings is 1. The molecule has 2 N–H and O–H groups in total. The monoisotopic (exact) mass is 253 g/mol. The zero-order valence-corrected chi connectivity index (χ0v) is 10.1. The number of hydrogen-bond donors (Lipinski definition) is 2. The normalized spacial score (nSPS) is 12.1. The molecule has 0 radical (unpaired) electrons. The Bertz CT molecular complexity index is 415. The number of aliphatic hydroxyl groups is 1. The van der Waals surface area contributed by atoms with Crippen molar-refractivity contribution < 1.29 is 13.9 Å². The van der Waals surface area contributed by atoms with Gasteiger partial charge in [0.2, 0.25) is 0 Å². The molecule has 1 atom stereocenters. The quantitative estimate of drug-likeness (QED) is 0.577. The van der Waals surface area contributed by atoms with E-state index in [0.717, 1.165) is 37.5 Å². The van der Waals surface area contributed by atoms with Crippen LogP contribution in [0.25, 0.3) is 0 Å². The Morgan fingerprint density at radius 2 is 2.11 bits per heavy atom. The first-order valence-electron chi connectivity index (χ1n) is 5.92. The molecule has 0 bridgehead atoms. The molecule has 0 aromatic heterocycles. The second-order valence-electron chi connectivity index (χ2n) is 4.05. The fourth-order valence-corrected chi connectivity index (χ4v) is 1.60. The molecule has 0 aliphatic carbocycles. The van der Waals surface area contributed by atoms with E-state index in [4.69, 9.17) is 6.42 Å². The smallest absolute Gasteiger partial charge is 0.129 e. The lowest BCUT2D eigenvalue weighted by atomic mass is 10.1. The van der Waals surface area contributed by atoms with Crippen molar-refractivity contribution in [2.75, 3.05) is 13.1 Å². The number of aliphatic hydroxyl groups excluding tert-OH is 1. The number of halogens is 2. The summed E-state index contributed by atoms with van der Waals surface area (Å²) in [4.78, 5) is 0. The summed E-state index contributed by atoms with van der Waals surface area (Å²) >= 11 is 0. The summed E-state index contributed by atoms with van der Waals surface area (Å²) in [5.41, 5.74) is -0.0221. The molecule has 1 unspecified atom stereocenters. The van der Waals surface area contributed by atoms with E-state index in [9.17, 15) is 13.9 Å². The third kappa shape index (κ3) is 4.82. The second kappa shape index (κ2) is 7.80. The molecule has 0 amide bonds. The minimum absolute atomic E-state index is 0.0221. The van der Waals surface area contributed by atoms with Crippen molar-refractivity contribution in [3.63, 3.8) is 0 Å². The Morgan fingerprint density at radius 1 is 1.33 bits per heavy atom. The van der Waals surface area contributed by atoms with Crippen LogP contribution in [0.3, 0.4) is 0 Å². The van der Waals surface area contributed by atoms with Gasteiger partial charge in [-0.15, -0.1) is 12.3 Å². The molecule has 0 aliphatic rings. The third-order valence-electron chi connectivity index (χ3n) is 2.58. The molecule has 98 valence electrons. The number of nitrogens with one attached hydrogen (secondary N) is 1. The first kappa shape index (κ1) is 14.6. The van der Waals surface area contributed by atoms with Crippen LogP contribution in [0.15, 0.2) is 18.2 Å². The van der Waals surface area contributed by atoms with Crippen molar-refractivity contribution in [2.24, 2.45) is 0 Å². The highest BCUT2D eigenvalue weighted by atomic mass is 19.1. The molecule has 1 rings (SSSR count). The maximum atomic E-state index is 13.3. The van der Waals surface area contributed by atoms with Gasteiger partial charge in [-0.25, -0.2) is 8.78 Å². The fourth-order valence-electron chi connectivity index (χ4n) is 1.60. The molecule has 1 aromatic rings. The number of rotatable bonds is 7. The van der Waals surface area contributed by atoms with Gasteiger partial charge >= 0.3 is 0 Å². The van der Waals surface area contributed by atoms with Gasteiger partial charge in [0.15, 0.2) is 0 Å². The van der Waals surface area contributed by atoms with Crippen LogP contribution in [-0.2, 0) is 0 Å². The van der Waals surface area contributed by atoms with E-state index < -0.39 is 17.7 Å². The topological polar surface area (TPSA) is 32.3 Å². The van der Waals surface area contributed by atoms with Crippen LogP contribution in [-0.4, -0.2) is 18.2 Å². The van der Waals surface area contributed by atoms with E-state index in [1.807, 2.05) is 0 Å². The highest BCUT2D eigenvalue weighted by Gasteiger charge is 2.13. The number of terminal acetylenes is 1. The van der Waals surface area contributed by atoms with Crippen LogP contribution in [0.4, 0.5) is 8.78 Å². The molecular weight excluding hydrogens is 236 g/mol. The van der Waals surface area contributed by atoms with E-state index in [1.54, 1.807) is 0 Å². The SMILES string of the molecule is C#CCCCCNCC(O)c1cc(F)ccc1F. The van der Waals surface area contributed by atoms with Crippen molar-refractivity contribution in [3.8, 4) is 12.3 Å². The lowest BCUT2D eigenvalue weighted by Gasteiger charge is -2.13. The van der Waals surface area contributed by atoms with Crippen molar-refractivity contribution in [1.29, 1.82) is 0 Å². The van der Waals surface area contributed by atoms with Gasteiger partial charge in [0, 0.05) is 18.5 Å². The van der Waals surface area contributed by atoms with E-state index >= 15 is 0 Å². The predicted molar refractivity (Wildman–Crippen MR) is 66.9 cm³/mol. The molecule has 0 aliphatic heterocycles. The average Bonchev–Trinajstić information content (AvgIpc) is 2.36. The minimum Gasteiger partial charge on any atom is -0.387 e. The van der Waals surface area contributed by atoms with Crippen LogP contribution in [0.1, 0.15) is 30.9 Å². The Labute approximate surface area is 106 Å². The molecule has 0 fully saturated rings. The summed E-state index contributed by atoms with van der Waals surface area (Å²) in [6, 6.07) is 3.06. The molecule has 0 heterocycles. The molecule has 4 heteroatoms. The van der Waals surface area contributed by atoms with Gasteiger partial charge in [-0.05, 0) is 37.6 Å². The van der Waals surface area contributed by atoms with Gasteiger partial charge in [0.25, 0.3) is 0 Å². The molecule has 0 saturated heterocycles. The van der Waals surface area contributed by atoms with Crippen LogP contribution in [0, 0.1) is 24.0 Å². The summed E-state index contributed by atoms with van der Waals surface area (Å²) < 4.78 is 26.2. The van der Waals surface area contributed by atoms with Crippen LogP contribution < -0.4 is 5.32 Å². The van der Waals surface area contributed by atoms with Gasteiger partial charge in [-0.2, -0.15) is 0 Å². The molecule has 0 saturated carbocycles. The predicted octanol–water partition coefficient (Wildman–Crippen LogP) is 2.39. The highest BCUT2D eigenvalue weighted by molar-refractivity contribution is 5.21. The largest absolute Gasteiger partial charge is 0.387 e. The average molecular weight is 253 g/mol. The van der Waals surface area contributed by atoms with Gasteiger partial charge in [0.1, 0.15) is 11.6 Å². The fraction of sp³-hybridized carbons (Fsp3) is 0.429. The summed E-state index contributed by atoms with van der Waals surface area (Å²) in [5.74, 6) is 1.38. The maximum absolute atomic E-state index is 13.3.